The molecular formula is C20H20ClN3O3. The highest BCUT2D eigenvalue weighted by molar-refractivity contribution is 6.32. The number of nitrogens with one attached hydrogen (secondary N) is 2. The van der Waals surface area contributed by atoms with Crippen LogP contribution in [0.25, 0.3) is 0 Å². The number of anilines is 1. The third-order valence-corrected chi connectivity index (χ3v) is 4.10. The molecule has 0 aliphatic heterocycles. The monoisotopic (exact) mass is 385 g/mol. The van der Waals surface area contributed by atoms with Gasteiger partial charge in [0.1, 0.15) is 5.75 Å². The molecule has 0 fully saturated rings. The molecule has 0 aromatic heterocycles. The van der Waals surface area contributed by atoms with Crippen molar-refractivity contribution in [2.45, 2.75) is 20.8 Å². The molecule has 0 saturated carbocycles. The molecule has 2 aromatic carbocycles. The van der Waals surface area contributed by atoms with Crippen molar-refractivity contribution < 1.29 is 14.3 Å². The molecule has 0 aliphatic rings. The summed E-state index contributed by atoms with van der Waals surface area (Å²) >= 11 is 5.98. The Bertz CT molecular complexity index is 896. The second-order valence-corrected chi connectivity index (χ2v) is 6.55. The van der Waals surface area contributed by atoms with Gasteiger partial charge in [0, 0.05) is 5.69 Å². The fraction of sp³-hybridized carbons (Fsp3) is 0.250. The lowest BCUT2D eigenvalue weighted by Crippen LogP contribution is -2.36. The predicted molar refractivity (Wildman–Crippen MR) is 104 cm³/mol. The summed E-state index contributed by atoms with van der Waals surface area (Å²) in [5, 5.41) is 14.3. The zero-order valence-electron chi connectivity index (χ0n) is 15.4. The normalized spacial score (nSPS) is 10.0. The number of hydrogen-bond donors (Lipinski definition) is 2. The van der Waals surface area contributed by atoms with Crippen molar-refractivity contribution in [3.63, 3.8) is 0 Å². The van der Waals surface area contributed by atoms with E-state index >= 15 is 0 Å². The van der Waals surface area contributed by atoms with E-state index in [1.807, 2.05) is 39.0 Å². The van der Waals surface area contributed by atoms with Crippen molar-refractivity contribution in [1.29, 1.82) is 5.26 Å². The Hall–Kier alpha value is -3.04. The van der Waals surface area contributed by atoms with Gasteiger partial charge in [-0.05, 0) is 50.1 Å². The number of ether oxygens (including phenoxy) is 1. The van der Waals surface area contributed by atoms with Gasteiger partial charge in [0.05, 0.1) is 23.2 Å². The van der Waals surface area contributed by atoms with Gasteiger partial charge < -0.3 is 15.4 Å². The molecule has 27 heavy (non-hydrogen) atoms. The van der Waals surface area contributed by atoms with Crippen molar-refractivity contribution in [3.8, 4) is 11.8 Å². The smallest absolute Gasteiger partial charge is 0.258 e. The van der Waals surface area contributed by atoms with Crippen molar-refractivity contribution in [2.24, 2.45) is 0 Å². The number of carbonyl (C=O) groups excluding carboxylic acids is 2. The van der Waals surface area contributed by atoms with Crippen LogP contribution in [0, 0.1) is 32.1 Å². The van der Waals surface area contributed by atoms with Crippen LogP contribution in [0.2, 0.25) is 5.02 Å². The Morgan fingerprint density at radius 1 is 1.11 bits per heavy atom. The van der Waals surface area contributed by atoms with E-state index in [1.165, 1.54) is 12.1 Å². The van der Waals surface area contributed by atoms with E-state index in [4.69, 9.17) is 21.6 Å². The minimum atomic E-state index is -0.456. The third kappa shape index (κ3) is 5.73. The zero-order chi connectivity index (χ0) is 20.0. The molecule has 0 atom stereocenters. The van der Waals surface area contributed by atoms with Gasteiger partial charge in [-0.3, -0.25) is 9.59 Å². The summed E-state index contributed by atoms with van der Waals surface area (Å²) < 4.78 is 5.31. The lowest BCUT2D eigenvalue weighted by molar-refractivity contribution is -0.125. The number of nitrogens with zero attached hydrogens (tertiary/aromatic N) is 1. The van der Waals surface area contributed by atoms with Crippen molar-refractivity contribution in [2.75, 3.05) is 18.5 Å². The van der Waals surface area contributed by atoms with E-state index in [1.54, 1.807) is 6.07 Å². The first-order valence-corrected chi connectivity index (χ1v) is 8.64. The van der Waals surface area contributed by atoms with Gasteiger partial charge in [0.25, 0.3) is 5.91 Å². The first-order valence-electron chi connectivity index (χ1n) is 8.27. The van der Waals surface area contributed by atoms with E-state index in [2.05, 4.69) is 10.6 Å². The highest BCUT2D eigenvalue weighted by Gasteiger charge is 2.11. The second-order valence-electron chi connectivity index (χ2n) is 6.14. The maximum Gasteiger partial charge on any atom is 0.258 e. The summed E-state index contributed by atoms with van der Waals surface area (Å²) in [6.45, 7) is 5.37. The number of hydrogen-bond acceptors (Lipinski definition) is 4. The van der Waals surface area contributed by atoms with Crippen LogP contribution in [0.15, 0.2) is 30.3 Å². The number of nitriles is 1. The van der Waals surface area contributed by atoms with Gasteiger partial charge in [-0.25, -0.2) is 0 Å². The van der Waals surface area contributed by atoms with Crippen LogP contribution in [-0.2, 0) is 9.59 Å². The quantitative estimate of drug-likeness (QED) is 0.798. The van der Waals surface area contributed by atoms with Gasteiger partial charge >= 0.3 is 0 Å². The SMILES string of the molecule is Cc1cc(C)c(NC(=O)CNC(=O)COc2ccc(C#N)cc2Cl)c(C)c1. The molecular weight excluding hydrogens is 366 g/mol. The summed E-state index contributed by atoms with van der Waals surface area (Å²) in [6.07, 6.45) is 0. The molecule has 140 valence electrons. The van der Waals surface area contributed by atoms with E-state index in [0.29, 0.717) is 11.3 Å². The Balaban J connectivity index is 1.84. The molecule has 2 rings (SSSR count). The van der Waals surface area contributed by atoms with E-state index < -0.39 is 5.91 Å². The minimum absolute atomic E-state index is 0.171. The standard InChI is InChI=1S/C20H20ClN3O3/c1-12-6-13(2)20(14(3)7-12)24-18(25)10-23-19(26)11-27-17-5-4-15(9-22)8-16(17)21/h4-8H,10-11H2,1-3H3,(H,23,26)(H,24,25). The molecule has 2 amide bonds. The van der Waals surface area contributed by atoms with Crippen molar-refractivity contribution >= 4 is 29.1 Å². The van der Waals surface area contributed by atoms with Crippen LogP contribution < -0.4 is 15.4 Å². The molecule has 2 N–H and O–H groups in total. The molecule has 0 aliphatic carbocycles. The van der Waals surface area contributed by atoms with Gasteiger partial charge in [-0.1, -0.05) is 29.3 Å². The molecule has 0 spiro atoms. The molecule has 2 aromatic rings. The molecule has 6 nitrogen and oxygen atoms in total. The summed E-state index contributed by atoms with van der Waals surface area (Å²) in [5.41, 5.74) is 4.20. The maximum atomic E-state index is 12.1. The van der Waals surface area contributed by atoms with Crippen molar-refractivity contribution in [3.05, 3.63) is 57.6 Å². The fourth-order valence-corrected chi connectivity index (χ4v) is 2.86. The van der Waals surface area contributed by atoms with Crippen LogP contribution in [0.5, 0.6) is 5.75 Å². The molecule has 0 heterocycles. The molecule has 0 unspecified atom stereocenters. The largest absolute Gasteiger partial charge is 0.482 e. The summed E-state index contributed by atoms with van der Waals surface area (Å²) in [4.78, 5) is 24.0. The summed E-state index contributed by atoms with van der Waals surface area (Å²) in [5.74, 6) is -0.487. The highest BCUT2D eigenvalue weighted by atomic mass is 35.5. The van der Waals surface area contributed by atoms with Crippen molar-refractivity contribution in [1.82, 2.24) is 5.32 Å². The molecule has 0 bridgehead atoms. The summed E-state index contributed by atoms with van der Waals surface area (Å²) in [6, 6.07) is 10.4. The topological polar surface area (TPSA) is 91.2 Å². The van der Waals surface area contributed by atoms with Crippen LogP contribution in [0.4, 0.5) is 5.69 Å². The first kappa shape index (κ1) is 20.3. The van der Waals surface area contributed by atoms with Gasteiger partial charge in [0.2, 0.25) is 5.91 Å². The van der Waals surface area contributed by atoms with Gasteiger partial charge in [-0.15, -0.1) is 0 Å². The average molecular weight is 386 g/mol. The van der Waals surface area contributed by atoms with Gasteiger partial charge in [-0.2, -0.15) is 5.26 Å². The van der Waals surface area contributed by atoms with E-state index in [-0.39, 0.29) is 24.1 Å². The fourth-order valence-electron chi connectivity index (χ4n) is 2.62. The van der Waals surface area contributed by atoms with Crippen LogP contribution in [-0.4, -0.2) is 25.0 Å². The van der Waals surface area contributed by atoms with Crippen LogP contribution in [0.1, 0.15) is 22.3 Å². The van der Waals surface area contributed by atoms with E-state index in [0.717, 1.165) is 22.4 Å². The average Bonchev–Trinajstić information content (AvgIpc) is 2.61. The number of halogens is 1. The molecule has 0 saturated heterocycles. The Morgan fingerprint density at radius 3 is 2.37 bits per heavy atom. The number of carbonyl (C=O) groups is 2. The molecule has 7 heteroatoms. The van der Waals surface area contributed by atoms with Crippen LogP contribution in [0.3, 0.4) is 0 Å². The molecule has 0 radical (unpaired) electrons. The minimum Gasteiger partial charge on any atom is -0.482 e. The Morgan fingerprint density at radius 2 is 1.78 bits per heavy atom. The van der Waals surface area contributed by atoms with E-state index in [9.17, 15) is 9.59 Å². The lowest BCUT2D eigenvalue weighted by atomic mass is 10.1. The Kier molecular flexibility index (Phi) is 6.80. The predicted octanol–water partition coefficient (Wildman–Crippen LogP) is 3.27. The lowest BCUT2D eigenvalue weighted by Gasteiger charge is -2.13. The number of rotatable bonds is 6. The van der Waals surface area contributed by atoms with Gasteiger partial charge in [0.15, 0.2) is 6.61 Å². The number of amides is 2. The Labute approximate surface area is 163 Å². The zero-order valence-corrected chi connectivity index (χ0v) is 16.1. The maximum absolute atomic E-state index is 12.1. The third-order valence-electron chi connectivity index (χ3n) is 3.81. The highest BCUT2D eigenvalue weighted by Crippen LogP contribution is 2.25. The second kappa shape index (κ2) is 9.06. The summed E-state index contributed by atoms with van der Waals surface area (Å²) in [7, 11) is 0. The number of benzene rings is 2. The number of aryl methyl sites for hydroxylation is 3. The first-order chi connectivity index (χ1) is 12.8. The van der Waals surface area contributed by atoms with Crippen LogP contribution >= 0.6 is 11.6 Å².